The Morgan fingerprint density at radius 3 is 2.65 bits per heavy atom. The number of non-ortho nitro benzene ring substituents is 1. The molecule has 1 aromatic rings. The Bertz CT molecular complexity index is 458. The zero-order valence-electron chi connectivity index (χ0n) is 9.87. The maximum atomic E-state index is 13.2. The molecule has 1 unspecified atom stereocenters. The van der Waals surface area contributed by atoms with Crippen molar-refractivity contribution in [3.05, 3.63) is 34.1 Å². The van der Waals surface area contributed by atoms with Crippen LogP contribution in [0.25, 0.3) is 0 Å². The molecule has 0 spiro atoms. The second-order valence-corrected chi connectivity index (χ2v) is 4.98. The smallest absolute Gasteiger partial charge is 0.274 e. The van der Waals surface area contributed by atoms with Crippen LogP contribution in [0.1, 0.15) is 26.7 Å². The maximum absolute atomic E-state index is 13.2. The second-order valence-electron chi connectivity index (χ2n) is 4.98. The Hall–Kier alpha value is -1.65. The third-order valence-corrected chi connectivity index (χ3v) is 3.56. The number of hydrogen-bond donors (Lipinski definition) is 1. The second kappa shape index (κ2) is 3.98. The van der Waals surface area contributed by atoms with E-state index in [0.29, 0.717) is 5.69 Å². The largest absolute Gasteiger partial charge is 0.382 e. The van der Waals surface area contributed by atoms with Crippen LogP contribution in [0.5, 0.6) is 0 Å². The van der Waals surface area contributed by atoms with Crippen molar-refractivity contribution in [2.75, 3.05) is 5.32 Å². The van der Waals surface area contributed by atoms with Gasteiger partial charge >= 0.3 is 0 Å². The van der Waals surface area contributed by atoms with Crippen LogP contribution in [-0.4, -0.2) is 11.0 Å². The van der Waals surface area contributed by atoms with Crippen molar-refractivity contribution >= 4 is 11.4 Å². The highest BCUT2D eigenvalue weighted by Gasteiger charge is 2.42. The normalized spacial score (nSPS) is 18.5. The van der Waals surface area contributed by atoms with Gasteiger partial charge in [-0.2, -0.15) is 0 Å². The Labute approximate surface area is 99.0 Å². The minimum atomic E-state index is -0.588. The number of benzene rings is 1. The van der Waals surface area contributed by atoms with Gasteiger partial charge in [-0.05, 0) is 31.2 Å². The van der Waals surface area contributed by atoms with Gasteiger partial charge in [0.2, 0.25) is 0 Å². The lowest BCUT2D eigenvalue weighted by Gasteiger charge is -2.21. The lowest BCUT2D eigenvalue weighted by Crippen LogP contribution is -2.24. The van der Waals surface area contributed by atoms with Gasteiger partial charge < -0.3 is 5.32 Å². The first-order valence-corrected chi connectivity index (χ1v) is 5.62. The molecule has 0 amide bonds. The molecule has 0 aromatic heterocycles. The van der Waals surface area contributed by atoms with Gasteiger partial charge in [0.1, 0.15) is 5.82 Å². The monoisotopic (exact) mass is 238 g/mol. The number of nitro benzene ring substituents is 1. The van der Waals surface area contributed by atoms with E-state index in [9.17, 15) is 14.5 Å². The minimum Gasteiger partial charge on any atom is -0.382 e. The van der Waals surface area contributed by atoms with Crippen LogP contribution < -0.4 is 5.32 Å². The molecule has 0 aliphatic heterocycles. The quantitative estimate of drug-likeness (QED) is 0.646. The summed E-state index contributed by atoms with van der Waals surface area (Å²) >= 11 is 0. The van der Waals surface area contributed by atoms with Crippen molar-refractivity contribution in [1.82, 2.24) is 0 Å². The number of nitro groups is 1. The molecular formula is C12H15FN2O2. The summed E-state index contributed by atoms with van der Waals surface area (Å²) in [6.45, 7) is 4.17. The van der Waals surface area contributed by atoms with E-state index in [1.165, 1.54) is 12.1 Å². The van der Waals surface area contributed by atoms with Crippen molar-refractivity contribution in [3.8, 4) is 0 Å². The molecular weight excluding hydrogens is 223 g/mol. The molecule has 5 heteroatoms. The highest BCUT2D eigenvalue weighted by atomic mass is 19.1. The zero-order chi connectivity index (χ0) is 12.6. The van der Waals surface area contributed by atoms with Crippen LogP contribution in [0.2, 0.25) is 0 Å². The summed E-state index contributed by atoms with van der Waals surface area (Å²) in [5, 5.41) is 13.7. The fraction of sp³-hybridized carbons (Fsp3) is 0.500. The summed E-state index contributed by atoms with van der Waals surface area (Å²) in [7, 11) is 0. The average molecular weight is 238 g/mol. The molecule has 1 aliphatic carbocycles. The van der Waals surface area contributed by atoms with Gasteiger partial charge in [0.05, 0.1) is 11.0 Å². The molecule has 1 atom stereocenters. The van der Waals surface area contributed by atoms with E-state index in [2.05, 4.69) is 12.2 Å². The van der Waals surface area contributed by atoms with Gasteiger partial charge in [-0.1, -0.05) is 6.92 Å². The number of nitrogens with zero attached hydrogens (tertiary/aromatic N) is 1. The third-order valence-electron chi connectivity index (χ3n) is 3.56. The minimum absolute atomic E-state index is 0.184. The topological polar surface area (TPSA) is 55.2 Å². The predicted molar refractivity (Wildman–Crippen MR) is 63.5 cm³/mol. The van der Waals surface area contributed by atoms with E-state index in [1.54, 1.807) is 0 Å². The van der Waals surface area contributed by atoms with Crippen LogP contribution in [0.15, 0.2) is 18.2 Å². The number of halogens is 1. The van der Waals surface area contributed by atoms with Crippen LogP contribution >= 0.6 is 0 Å². The van der Waals surface area contributed by atoms with Crippen LogP contribution in [0.4, 0.5) is 15.8 Å². The SMILES string of the molecule is CC(Nc1cc(F)cc([N+](=O)[O-])c1)C1(C)CC1. The summed E-state index contributed by atoms with van der Waals surface area (Å²) in [6, 6.07) is 3.76. The van der Waals surface area contributed by atoms with Crippen molar-refractivity contribution in [2.24, 2.45) is 5.41 Å². The van der Waals surface area contributed by atoms with E-state index in [0.717, 1.165) is 18.9 Å². The van der Waals surface area contributed by atoms with Gasteiger partial charge in [0, 0.05) is 17.8 Å². The summed E-state index contributed by atoms with van der Waals surface area (Å²) in [5.74, 6) is -0.588. The van der Waals surface area contributed by atoms with E-state index in [-0.39, 0.29) is 17.1 Å². The summed E-state index contributed by atoms with van der Waals surface area (Å²) in [4.78, 5) is 10.0. The van der Waals surface area contributed by atoms with Gasteiger partial charge in [-0.25, -0.2) is 4.39 Å². The molecule has 0 saturated heterocycles. The predicted octanol–water partition coefficient (Wildman–Crippen LogP) is 3.33. The van der Waals surface area contributed by atoms with E-state index in [4.69, 9.17) is 0 Å². The first kappa shape index (κ1) is 11.8. The van der Waals surface area contributed by atoms with Crippen LogP contribution in [0.3, 0.4) is 0 Å². The molecule has 1 fully saturated rings. The van der Waals surface area contributed by atoms with Crippen molar-refractivity contribution < 1.29 is 9.31 Å². The molecule has 1 N–H and O–H groups in total. The maximum Gasteiger partial charge on any atom is 0.274 e. The third kappa shape index (κ3) is 2.54. The number of hydrogen-bond acceptors (Lipinski definition) is 3. The molecule has 0 bridgehead atoms. The van der Waals surface area contributed by atoms with Crippen molar-refractivity contribution in [3.63, 3.8) is 0 Å². The lowest BCUT2D eigenvalue weighted by molar-refractivity contribution is -0.385. The van der Waals surface area contributed by atoms with Gasteiger partial charge in [-0.15, -0.1) is 0 Å². The van der Waals surface area contributed by atoms with E-state index >= 15 is 0 Å². The molecule has 4 nitrogen and oxygen atoms in total. The highest BCUT2D eigenvalue weighted by Crippen LogP contribution is 2.48. The Morgan fingerprint density at radius 1 is 1.47 bits per heavy atom. The Morgan fingerprint density at radius 2 is 2.12 bits per heavy atom. The Balaban J connectivity index is 2.18. The average Bonchev–Trinajstić information content (AvgIpc) is 2.97. The summed E-state index contributed by atoms with van der Waals surface area (Å²) in [5.41, 5.74) is 0.485. The molecule has 1 saturated carbocycles. The Kier molecular flexibility index (Phi) is 2.77. The lowest BCUT2D eigenvalue weighted by atomic mass is 10.0. The van der Waals surface area contributed by atoms with E-state index in [1.807, 2.05) is 6.92 Å². The molecule has 2 rings (SSSR count). The number of anilines is 1. The number of nitrogens with one attached hydrogen (secondary N) is 1. The standard InChI is InChI=1S/C12H15FN2O2/c1-8(12(2)3-4-12)14-10-5-9(13)6-11(7-10)15(16)17/h5-8,14H,3-4H2,1-2H3. The van der Waals surface area contributed by atoms with Gasteiger partial charge in [0.15, 0.2) is 0 Å². The van der Waals surface area contributed by atoms with Crippen molar-refractivity contribution in [1.29, 1.82) is 0 Å². The summed E-state index contributed by atoms with van der Waals surface area (Å²) in [6.07, 6.45) is 2.27. The first-order valence-electron chi connectivity index (χ1n) is 5.62. The highest BCUT2D eigenvalue weighted by molar-refractivity contribution is 5.52. The molecule has 1 aliphatic rings. The molecule has 92 valence electrons. The fourth-order valence-corrected chi connectivity index (χ4v) is 1.82. The number of rotatable bonds is 4. The molecule has 0 radical (unpaired) electrons. The zero-order valence-corrected chi connectivity index (χ0v) is 9.87. The van der Waals surface area contributed by atoms with Crippen LogP contribution in [-0.2, 0) is 0 Å². The fourth-order valence-electron chi connectivity index (χ4n) is 1.82. The van der Waals surface area contributed by atoms with Gasteiger partial charge in [0.25, 0.3) is 5.69 Å². The van der Waals surface area contributed by atoms with Gasteiger partial charge in [-0.3, -0.25) is 10.1 Å². The van der Waals surface area contributed by atoms with Crippen LogP contribution in [0, 0.1) is 21.3 Å². The summed E-state index contributed by atoms with van der Waals surface area (Å²) < 4.78 is 13.2. The van der Waals surface area contributed by atoms with Crippen molar-refractivity contribution in [2.45, 2.75) is 32.7 Å². The molecule has 1 aromatic carbocycles. The molecule has 17 heavy (non-hydrogen) atoms. The first-order chi connectivity index (χ1) is 7.90. The van der Waals surface area contributed by atoms with E-state index < -0.39 is 10.7 Å². The molecule has 0 heterocycles.